The van der Waals surface area contributed by atoms with Crippen molar-refractivity contribution in [3.8, 4) is 0 Å². The molecule has 1 saturated heterocycles. The fourth-order valence-electron chi connectivity index (χ4n) is 3.14. The van der Waals surface area contributed by atoms with Crippen LogP contribution in [0.1, 0.15) is 39.2 Å². The van der Waals surface area contributed by atoms with E-state index in [0.29, 0.717) is 18.2 Å². The Morgan fingerprint density at radius 3 is 2.80 bits per heavy atom. The molecule has 0 radical (unpaired) electrons. The van der Waals surface area contributed by atoms with Crippen molar-refractivity contribution in [2.75, 3.05) is 4.90 Å². The summed E-state index contributed by atoms with van der Waals surface area (Å²) >= 11 is 0. The van der Waals surface area contributed by atoms with E-state index in [2.05, 4.69) is 15.6 Å². The summed E-state index contributed by atoms with van der Waals surface area (Å²) in [5, 5.41) is 5.89. The Balaban J connectivity index is 1.77. The smallest absolute Gasteiger partial charge is 0.329 e. The fraction of sp³-hybridized carbons (Fsp3) is 0.500. The van der Waals surface area contributed by atoms with Crippen LogP contribution in [0, 0.1) is 5.92 Å². The fourth-order valence-corrected chi connectivity index (χ4v) is 3.14. The van der Waals surface area contributed by atoms with Crippen LogP contribution in [0.4, 0.5) is 10.5 Å². The highest BCUT2D eigenvalue weighted by Gasteiger charge is 2.56. The average Bonchev–Trinajstić information content (AvgIpc) is 3.35. The summed E-state index contributed by atoms with van der Waals surface area (Å²) in [6.45, 7) is 6.16. The van der Waals surface area contributed by atoms with Crippen molar-refractivity contribution in [3.05, 3.63) is 29.8 Å². The van der Waals surface area contributed by atoms with Crippen LogP contribution in [0.3, 0.4) is 0 Å². The third-order valence-electron chi connectivity index (χ3n) is 4.65. The topological polar surface area (TPSA) is 99.8 Å². The molecule has 1 heterocycles. The van der Waals surface area contributed by atoms with Gasteiger partial charge in [0, 0.05) is 6.04 Å². The second kappa shape index (κ2) is 6.38. The molecule has 0 spiro atoms. The van der Waals surface area contributed by atoms with Crippen LogP contribution in [0.15, 0.2) is 29.3 Å². The molecule has 3 amide bonds. The van der Waals surface area contributed by atoms with Gasteiger partial charge in [-0.1, -0.05) is 12.1 Å². The van der Waals surface area contributed by atoms with Gasteiger partial charge in [0.2, 0.25) is 0 Å². The van der Waals surface area contributed by atoms with E-state index in [-0.39, 0.29) is 23.9 Å². The van der Waals surface area contributed by atoms with Gasteiger partial charge in [-0.15, -0.1) is 0 Å². The van der Waals surface area contributed by atoms with Crippen molar-refractivity contribution in [3.63, 3.8) is 0 Å². The van der Waals surface area contributed by atoms with Gasteiger partial charge in [0.1, 0.15) is 5.54 Å². The number of amides is 3. The van der Waals surface area contributed by atoms with Crippen LogP contribution in [0.25, 0.3) is 0 Å². The maximum atomic E-state index is 12.8. The van der Waals surface area contributed by atoms with Gasteiger partial charge in [0.25, 0.3) is 5.91 Å². The lowest BCUT2D eigenvalue weighted by atomic mass is 9.96. The number of guanidine groups is 1. The molecule has 4 N–H and O–H groups in total. The lowest BCUT2D eigenvalue weighted by molar-refractivity contribution is -0.122. The minimum absolute atomic E-state index is 0.179. The third kappa shape index (κ3) is 3.45. The number of imide groups is 1. The molecule has 7 heteroatoms. The van der Waals surface area contributed by atoms with Gasteiger partial charge in [-0.3, -0.25) is 4.79 Å². The summed E-state index contributed by atoms with van der Waals surface area (Å²) in [5.74, 6) is 0.432. The first-order valence-electron chi connectivity index (χ1n) is 8.63. The minimum atomic E-state index is -0.781. The van der Waals surface area contributed by atoms with Crippen LogP contribution in [-0.2, 0) is 11.3 Å². The lowest BCUT2D eigenvalue weighted by Crippen LogP contribution is -2.46. The van der Waals surface area contributed by atoms with Crippen molar-refractivity contribution < 1.29 is 9.59 Å². The second-order valence-corrected chi connectivity index (χ2v) is 7.22. The number of urea groups is 1. The molecule has 1 aromatic carbocycles. The van der Waals surface area contributed by atoms with Gasteiger partial charge in [0.05, 0.1) is 12.2 Å². The number of rotatable bonds is 5. The standard InChI is InChI=1S/C18H25N5O2/c1-11(2)21-16(19)20-10-12-5-4-6-14(9-12)23-15(24)18(3,13-7-8-13)22-17(23)25/h4-6,9,11,13H,7-8,10H2,1-3H3,(H,22,25)(H3,19,20,21). The van der Waals surface area contributed by atoms with Gasteiger partial charge in [0.15, 0.2) is 5.96 Å². The highest BCUT2D eigenvalue weighted by molar-refractivity contribution is 6.23. The first-order valence-corrected chi connectivity index (χ1v) is 8.63. The maximum absolute atomic E-state index is 12.8. The number of carbonyl (C=O) groups is 2. The molecule has 0 bridgehead atoms. The molecular weight excluding hydrogens is 318 g/mol. The molecule has 1 aliphatic heterocycles. The highest BCUT2D eigenvalue weighted by Crippen LogP contribution is 2.43. The van der Waals surface area contributed by atoms with E-state index in [1.807, 2.05) is 39.0 Å². The quantitative estimate of drug-likeness (QED) is 0.430. The summed E-state index contributed by atoms with van der Waals surface area (Å²) in [7, 11) is 0. The van der Waals surface area contributed by atoms with Gasteiger partial charge in [-0.25, -0.2) is 14.7 Å². The SMILES string of the molecule is CC(C)NC(N)=NCc1cccc(N2C(=O)NC(C)(C3CC3)C2=O)c1. The number of hydrogen-bond acceptors (Lipinski definition) is 3. The van der Waals surface area contributed by atoms with Crippen molar-refractivity contribution >= 4 is 23.6 Å². The van der Waals surface area contributed by atoms with E-state index in [4.69, 9.17) is 5.73 Å². The molecule has 1 atom stereocenters. The molecule has 2 fully saturated rings. The van der Waals surface area contributed by atoms with E-state index in [0.717, 1.165) is 18.4 Å². The van der Waals surface area contributed by atoms with Gasteiger partial charge >= 0.3 is 6.03 Å². The molecule has 25 heavy (non-hydrogen) atoms. The Kier molecular flexibility index (Phi) is 4.41. The zero-order valence-corrected chi connectivity index (χ0v) is 14.9. The van der Waals surface area contributed by atoms with Crippen LogP contribution in [0.5, 0.6) is 0 Å². The molecule has 1 aromatic rings. The molecule has 7 nitrogen and oxygen atoms in total. The average molecular weight is 343 g/mol. The highest BCUT2D eigenvalue weighted by atomic mass is 16.2. The second-order valence-electron chi connectivity index (χ2n) is 7.22. The summed E-state index contributed by atoms with van der Waals surface area (Å²) in [5.41, 5.74) is 6.48. The number of anilines is 1. The number of nitrogens with two attached hydrogens (primary N) is 1. The first kappa shape index (κ1) is 17.3. The van der Waals surface area contributed by atoms with E-state index in [1.54, 1.807) is 6.07 Å². The Bertz CT molecular complexity index is 726. The van der Waals surface area contributed by atoms with Gasteiger partial charge in [-0.05, 0) is 57.2 Å². The predicted octanol–water partition coefficient (Wildman–Crippen LogP) is 1.72. The Morgan fingerprint density at radius 1 is 1.44 bits per heavy atom. The van der Waals surface area contributed by atoms with Gasteiger partial charge < -0.3 is 16.4 Å². The summed E-state index contributed by atoms with van der Waals surface area (Å²) in [6.07, 6.45) is 1.96. The number of nitrogens with one attached hydrogen (secondary N) is 2. The summed E-state index contributed by atoms with van der Waals surface area (Å²) < 4.78 is 0. The van der Waals surface area contributed by atoms with Crippen molar-refractivity contribution in [1.29, 1.82) is 0 Å². The number of nitrogens with zero attached hydrogens (tertiary/aromatic N) is 2. The monoisotopic (exact) mass is 343 g/mol. The molecule has 1 saturated carbocycles. The normalized spacial score (nSPS) is 24.0. The zero-order valence-electron chi connectivity index (χ0n) is 14.9. The number of benzene rings is 1. The Hall–Kier alpha value is -2.57. The zero-order chi connectivity index (χ0) is 18.2. The van der Waals surface area contributed by atoms with E-state index in [1.165, 1.54) is 4.90 Å². The molecule has 3 rings (SSSR count). The largest absolute Gasteiger partial charge is 0.370 e. The third-order valence-corrected chi connectivity index (χ3v) is 4.65. The summed E-state index contributed by atoms with van der Waals surface area (Å²) in [4.78, 5) is 30.7. The van der Waals surface area contributed by atoms with E-state index >= 15 is 0 Å². The van der Waals surface area contributed by atoms with Crippen LogP contribution >= 0.6 is 0 Å². The molecular formula is C18H25N5O2. The van der Waals surface area contributed by atoms with E-state index < -0.39 is 5.54 Å². The number of aliphatic imine (C=N–C) groups is 1. The van der Waals surface area contributed by atoms with E-state index in [9.17, 15) is 9.59 Å². The number of hydrogen-bond donors (Lipinski definition) is 3. The first-order chi connectivity index (χ1) is 11.8. The molecule has 0 aromatic heterocycles. The lowest BCUT2D eigenvalue weighted by Gasteiger charge is -2.21. The Labute approximate surface area is 147 Å². The molecule has 134 valence electrons. The predicted molar refractivity (Wildman–Crippen MR) is 97.2 cm³/mol. The summed E-state index contributed by atoms with van der Waals surface area (Å²) in [6, 6.07) is 7.14. The van der Waals surface area contributed by atoms with Gasteiger partial charge in [-0.2, -0.15) is 0 Å². The number of carbonyl (C=O) groups excluding carboxylic acids is 2. The van der Waals surface area contributed by atoms with Crippen molar-refractivity contribution in [1.82, 2.24) is 10.6 Å². The maximum Gasteiger partial charge on any atom is 0.329 e. The molecule has 1 aliphatic carbocycles. The van der Waals surface area contributed by atoms with Crippen LogP contribution in [0.2, 0.25) is 0 Å². The van der Waals surface area contributed by atoms with Crippen LogP contribution < -0.4 is 21.3 Å². The van der Waals surface area contributed by atoms with Crippen molar-refractivity contribution in [2.45, 2.75) is 51.7 Å². The van der Waals surface area contributed by atoms with Crippen molar-refractivity contribution in [2.24, 2.45) is 16.6 Å². The Morgan fingerprint density at radius 2 is 2.16 bits per heavy atom. The molecule has 1 unspecified atom stereocenters. The van der Waals surface area contributed by atoms with Crippen LogP contribution in [-0.4, -0.2) is 29.5 Å². The minimum Gasteiger partial charge on any atom is -0.370 e. The molecule has 2 aliphatic rings.